The van der Waals surface area contributed by atoms with Crippen LogP contribution in [-0.4, -0.2) is 55.6 Å². The number of anilines is 1. The van der Waals surface area contributed by atoms with Gasteiger partial charge in [-0.2, -0.15) is 0 Å². The van der Waals surface area contributed by atoms with E-state index >= 15 is 0 Å². The molecule has 1 saturated heterocycles. The number of benzene rings is 1. The van der Waals surface area contributed by atoms with E-state index in [1.54, 1.807) is 7.11 Å². The van der Waals surface area contributed by atoms with Gasteiger partial charge >= 0.3 is 0 Å². The number of methoxy groups -OCH3 is 1. The maximum atomic E-state index is 11.5. The Bertz CT molecular complexity index is 768. The van der Waals surface area contributed by atoms with E-state index in [4.69, 9.17) is 9.73 Å². The lowest BCUT2D eigenvalue weighted by Gasteiger charge is -2.48. The number of hydrogen-bond donors (Lipinski definition) is 3. The molecule has 1 saturated carbocycles. The van der Waals surface area contributed by atoms with E-state index < -0.39 is 0 Å². The Balaban J connectivity index is 1.69. The fourth-order valence-corrected chi connectivity index (χ4v) is 5.08. The summed E-state index contributed by atoms with van der Waals surface area (Å²) in [4.78, 5) is 19.1. The van der Waals surface area contributed by atoms with Crippen molar-refractivity contribution < 1.29 is 9.53 Å². The van der Waals surface area contributed by atoms with Crippen LogP contribution in [0.25, 0.3) is 0 Å². The van der Waals surface area contributed by atoms with E-state index in [9.17, 15) is 4.79 Å². The van der Waals surface area contributed by atoms with Crippen LogP contribution in [0, 0.1) is 0 Å². The SMILES string of the molecule is CCNC(=NCc1ccc(OC)c(NC(C)=O)c1)NCC1(N2CCCCC2)CCCCC1. The molecule has 7 nitrogen and oxygen atoms in total. The number of nitrogens with one attached hydrogen (secondary N) is 3. The number of likely N-dealkylation sites (tertiary alicyclic amines) is 1. The van der Waals surface area contributed by atoms with E-state index in [0.717, 1.165) is 24.6 Å². The molecular formula is C25H41N5O2. The topological polar surface area (TPSA) is 78.0 Å². The van der Waals surface area contributed by atoms with Crippen LogP contribution in [0.2, 0.25) is 0 Å². The molecule has 0 aromatic heterocycles. The minimum Gasteiger partial charge on any atom is -0.495 e. The predicted molar refractivity (Wildman–Crippen MR) is 131 cm³/mol. The first-order chi connectivity index (χ1) is 15.6. The molecule has 1 amide bonds. The van der Waals surface area contributed by atoms with Crippen LogP contribution >= 0.6 is 0 Å². The second kappa shape index (κ2) is 12.1. The fourth-order valence-electron chi connectivity index (χ4n) is 5.08. The smallest absolute Gasteiger partial charge is 0.221 e. The number of carbonyl (C=O) groups excluding carboxylic acids is 1. The molecule has 1 aromatic rings. The van der Waals surface area contributed by atoms with Crippen molar-refractivity contribution >= 4 is 17.6 Å². The van der Waals surface area contributed by atoms with Gasteiger partial charge < -0.3 is 20.7 Å². The molecule has 0 atom stereocenters. The molecule has 2 fully saturated rings. The summed E-state index contributed by atoms with van der Waals surface area (Å²) in [6, 6.07) is 5.81. The molecule has 1 aliphatic carbocycles. The van der Waals surface area contributed by atoms with E-state index in [2.05, 4.69) is 27.8 Å². The zero-order valence-electron chi connectivity index (χ0n) is 20.1. The third-order valence-corrected chi connectivity index (χ3v) is 6.73. The van der Waals surface area contributed by atoms with E-state index in [-0.39, 0.29) is 11.4 Å². The average molecular weight is 444 g/mol. The van der Waals surface area contributed by atoms with Gasteiger partial charge in [0.25, 0.3) is 0 Å². The van der Waals surface area contributed by atoms with Crippen molar-refractivity contribution in [3.8, 4) is 5.75 Å². The summed E-state index contributed by atoms with van der Waals surface area (Å²) in [7, 11) is 1.61. The number of guanidine groups is 1. The first kappa shape index (κ1) is 24.4. The van der Waals surface area contributed by atoms with Gasteiger partial charge in [-0.25, -0.2) is 4.99 Å². The van der Waals surface area contributed by atoms with Crippen molar-refractivity contribution in [2.24, 2.45) is 4.99 Å². The molecule has 0 radical (unpaired) electrons. The van der Waals surface area contributed by atoms with Crippen molar-refractivity contribution in [2.45, 2.75) is 77.3 Å². The van der Waals surface area contributed by atoms with Crippen LogP contribution in [0.15, 0.2) is 23.2 Å². The summed E-state index contributed by atoms with van der Waals surface area (Å²) in [5.41, 5.74) is 1.96. The average Bonchev–Trinajstić information content (AvgIpc) is 2.82. The van der Waals surface area contributed by atoms with Gasteiger partial charge in [0.2, 0.25) is 5.91 Å². The number of piperidine rings is 1. The van der Waals surface area contributed by atoms with E-state index in [1.165, 1.54) is 71.4 Å². The summed E-state index contributed by atoms with van der Waals surface area (Å²) >= 11 is 0. The highest BCUT2D eigenvalue weighted by molar-refractivity contribution is 5.90. The Labute approximate surface area is 193 Å². The lowest BCUT2D eigenvalue weighted by molar-refractivity contribution is -0.114. The Morgan fingerprint density at radius 3 is 2.47 bits per heavy atom. The standard InChI is InChI=1S/C25H41N5O2/c1-4-26-24(27-18-21-11-12-23(32-3)22(17-21)29-20(2)31)28-19-25(13-7-5-8-14-25)30-15-9-6-10-16-30/h11-12,17H,4-10,13-16,18-19H2,1-3H3,(H,29,31)(H2,26,27,28). The van der Waals surface area contributed by atoms with Crippen molar-refractivity contribution in [1.82, 2.24) is 15.5 Å². The van der Waals surface area contributed by atoms with Crippen LogP contribution in [0.3, 0.4) is 0 Å². The zero-order chi connectivity index (χ0) is 22.8. The van der Waals surface area contributed by atoms with E-state index in [1.807, 2.05) is 18.2 Å². The van der Waals surface area contributed by atoms with Gasteiger partial charge in [-0.3, -0.25) is 9.69 Å². The lowest BCUT2D eigenvalue weighted by atomic mass is 9.79. The monoisotopic (exact) mass is 443 g/mol. The van der Waals surface area contributed by atoms with Gasteiger partial charge in [-0.1, -0.05) is 31.7 Å². The number of aliphatic imine (C=N–C) groups is 1. The van der Waals surface area contributed by atoms with Gasteiger partial charge in [0.05, 0.1) is 19.3 Å². The highest BCUT2D eigenvalue weighted by Gasteiger charge is 2.38. The predicted octanol–water partition coefficient (Wildman–Crippen LogP) is 3.90. The largest absolute Gasteiger partial charge is 0.495 e. The quantitative estimate of drug-likeness (QED) is 0.420. The van der Waals surface area contributed by atoms with Crippen molar-refractivity contribution in [3.63, 3.8) is 0 Å². The molecule has 1 aliphatic heterocycles. The zero-order valence-corrected chi connectivity index (χ0v) is 20.1. The van der Waals surface area contributed by atoms with Gasteiger partial charge in [0, 0.05) is 25.6 Å². The first-order valence-corrected chi connectivity index (χ1v) is 12.3. The number of ether oxygens (including phenoxy) is 1. The summed E-state index contributed by atoms with van der Waals surface area (Å²) in [6.07, 6.45) is 10.6. The number of amides is 1. The van der Waals surface area contributed by atoms with Crippen LogP contribution < -0.4 is 20.7 Å². The fraction of sp³-hybridized carbons (Fsp3) is 0.680. The Kier molecular flexibility index (Phi) is 9.21. The van der Waals surface area contributed by atoms with Gasteiger partial charge in [-0.05, 0) is 63.4 Å². The molecule has 1 heterocycles. The van der Waals surface area contributed by atoms with Crippen molar-refractivity contribution in [3.05, 3.63) is 23.8 Å². The molecule has 7 heteroatoms. The Morgan fingerprint density at radius 2 is 1.81 bits per heavy atom. The number of rotatable bonds is 8. The Morgan fingerprint density at radius 1 is 1.09 bits per heavy atom. The normalized spacial score (nSPS) is 19.3. The molecule has 1 aromatic carbocycles. The van der Waals surface area contributed by atoms with Crippen LogP contribution in [0.1, 0.15) is 70.8 Å². The summed E-state index contributed by atoms with van der Waals surface area (Å²) in [6.45, 7) is 8.35. The van der Waals surface area contributed by atoms with Gasteiger partial charge in [0.15, 0.2) is 5.96 Å². The minimum absolute atomic E-state index is 0.116. The number of nitrogens with zero attached hydrogens (tertiary/aromatic N) is 2. The number of carbonyl (C=O) groups is 1. The molecule has 0 bridgehead atoms. The maximum absolute atomic E-state index is 11.5. The van der Waals surface area contributed by atoms with Gasteiger partial charge in [0.1, 0.15) is 5.75 Å². The van der Waals surface area contributed by atoms with Crippen molar-refractivity contribution in [1.29, 1.82) is 0 Å². The molecule has 0 spiro atoms. The summed E-state index contributed by atoms with van der Waals surface area (Å²) in [5.74, 6) is 1.39. The highest BCUT2D eigenvalue weighted by atomic mass is 16.5. The van der Waals surface area contributed by atoms with Crippen molar-refractivity contribution in [2.75, 3.05) is 38.6 Å². The molecule has 3 rings (SSSR count). The third kappa shape index (κ3) is 6.61. The molecule has 2 aliphatic rings. The molecule has 32 heavy (non-hydrogen) atoms. The highest BCUT2D eigenvalue weighted by Crippen LogP contribution is 2.35. The van der Waals surface area contributed by atoms with Crippen LogP contribution in [0.4, 0.5) is 5.69 Å². The summed E-state index contributed by atoms with van der Waals surface area (Å²) < 4.78 is 5.36. The van der Waals surface area contributed by atoms with Crippen LogP contribution in [0.5, 0.6) is 5.75 Å². The second-order valence-electron chi connectivity index (χ2n) is 9.10. The molecular weight excluding hydrogens is 402 g/mol. The summed E-state index contributed by atoms with van der Waals surface area (Å²) in [5, 5.41) is 9.92. The lowest BCUT2D eigenvalue weighted by Crippen LogP contribution is -2.59. The third-order valence-electron chi connectivity index (χ3n) is 6.73. The maximum Gasteiger partial charge on any atom is 0.221 e. The molecule has 3 N–H and O–H groups in total. The van der Waals surface area contributed by atoms with Gasteiger partial charge in [-0.15, -0.1) is 0 Å². The molecule has 178 valence electrons. The molecule has 0 unspecified atom stereocenters. The van der Waals surface area contributed by atoms with E-state index in [0.29, 0.717) is 18.0 Å². The first-order valence-electron chi connectivity index (χ1n) is 12.3. The Hall–Kier alpha value is -2.28. The van der Waals surface area contributed by atoms with Crippen LogP contribution in [-0.2, 0) is 11.3 Å². The number of hydrogen-bond acceptors (Lipinski definition) is 4. The second-order valence-corrected chi connectivity index (χ2v) is 9.10. The minimum atomic E-state index is -0.116.